The maximum absolute atomic E-state index is 11.7. The fourth-order valence-corrected chi connectivity index (χ4v) is 2.18. The Balaban J connectivity index is 2.55. The van der Waals surface area contributed by atoms with Gasteiger partial charge >= 0.3 is 11.9 Å². The van der Waals surface area contributed by atoms with Crippen molar-refractivity contribution in [3.63, 3.8) is 0 Å². The van der Waals surface area contributed by atoms with Crippen molar-refractivity contribution in [1.29, 1.82) is 0 Å². The summed E-state index contributed by atoms with van der Waals surface area (Å²) in [5.41, 5.74) is 0.490. The van der Waals surface area contributed by atoms with Gasteiger partial charge in [-0.15, -0.1) is 11.8 Å². The number of carbonyl (C=O) groups is 3. The van der Waals surface area contributed by atoms with E-state index >= 15 is 0 Å². The van der Waals surface area contributed by atoms with Gasteiger partial charge in [-0.3, -0.25) is 14.4 Å². The first-order valence-electron chi connectivity index (χ1n) is 5.15. The fourth-order valence-electron chi connectivity index (χ4n) is 1.26. The van der Waals surface area contributed by atoms with Gasteiger partial charge in [0.1, 0.15) is 5.25 Å². The molecule has 0 heterocycles. The van der Waals surface area contributed by atoms with Crippen molar-refractivity contribution >= 4 is 29.5 Å². The first-order chi connectivity index (χ1) is 8.50. The number of hydrogen-bond donors (Lipinski definition) is 2. The van der Waals surface area contributed by atoms with Gasteiger partial charge in [0.15, 0.2) is 5.78 Å². The molecule has 5 nitrogen and oxygen atoms in total. The number of benzene rings is 1. The second-order valence-electron chi connectivity index (χ2n) is 3.52. The van der Waals surface area contributed by atoms with Crippen LogP contribution in [0.2, 0.25) is 0 Å². The quantitative estimate of drug-likeness (QED) is 0.729. The Morgan fingerprint density at radius 3 is 2.22 bits per heavy atom. The van der Waals surface area contributed by atoms with Gasteiger partial charge in [-0.05, 0) is 0 Å². The van der Waals surface area contributed by atoms with E-state index in [1.54, 1.807) is 30.3 Å². The van der Waals surface area contributed by atoms with Crippen LogP contribution in [0.1, 0.15) is 16.8 Å². The highest BCUT2D eigenvalue weighted by molar-refractivity contribution is 8.01. The second kappa shape index (κ2) is 6.80. The standard InChI is InChI=1S/C12H12O5S/c13-9(8-4-2-1-3-5-8)7-18-10(12(16)17)6-11(14)15/h1-5,10H,6-7H2,(H,14,15)(H,16,17)/t10-/m1/s1. The Bertz CT molecular complexity index is 443. The summed E-state index contributed by atoms with van der Waals surface area (Å²) >= 11 is 0.831. The van der Waals surface area contributed by atoms with Crippen LogP contribution in [0, 0.1) is 0 Å². The molecule has 0 aliphatic rings. The first kappa shape index (κ1) is 14.2. The highest BCUT2D eigenvalue weighted by Crippen LogP contribution is 2.17. The molecule has 0 radical (unpaired) electrons. The Hall–Kier alpha value is -1.82. The number of hydrogen-bond acceptors (Lipinski definition) is 4. The summed E-state index contributed by atoms with van der Waals surface area (Å²) in [5, 5.41) is 16.3. The van der Waals surface area contributed by atoms with Gasteiger partial charge in [-0.25, -0.2) is 0 Å². The van der Waals surface area contributed by atoms with E-state index in [0.717, 1.165) is 11.8 Å². The molecule has 96 valence electrons. The van der Waals surface area contributed by atoms with Crippen molar-refractivity contribution in [3.05, 3.63) is 35.9 Å². The lowest BCUT2D eigenvalue weighted by Crippen LogP contribution is -2.22. The zero-order chi connectivity index (χ0) is 13.5. The Morgan fingerprint density at radius 1 is 1.11 bits per heavy atom. The minimum absolute atomic E-state index is 0.0474. The van der Waals surface area contributed by atoms with Crippen LogP contribution >= 0.6 is 11.8 Å². The summed E-state index contributed by atoms with van der Waals surface area (Å²) < 4.78 is 0. The van der Waals surface area contributed by atoms with Crippen molar-refractivity contribution < 1.29 is 24.6 Å². The van der Waals surface area contributed by atoms with Crippen LogP contribution in [-0.4, -0.2) is 38.9 Å². The third-order valence-corrected chi connectivity index (χ3v) is 3.35. The van der Waals surface area contributed by atoms with Crippen LogP contribution in [0.4, 0.5) is 0 Å². The summed E-state index contributed by atoms with van der Waals surface area (Å²) in [6, 6.07) is 8.47. The monoisotopic (exact) mass is 268 g/mol. The van der Waals surface area contributed by atoms with E-state index in [0.29, 0.717) is 5.56 Å². The molecule has 6 heteroatoms. The van der Waals surface area contributed by atoms with Crippen LogP contribution in [-0.2, 0) is 9.59 Å². The minimum atomic E-state index is -1.22. The molecule has 0 amide bonds. The minimum Gasteiger partial charge on any atom is -0.481 e. The maximum atomic E-state index is 11.7. The van der Waals surface area contributed by atoms with E-state index in [9.17, 15) is 14.4 Å². The Labute approximate surface area is 108 Å². The SMILES string of the molecule is O=C(O)C[C@@H](SCC(=O)c1ccccc1)C(=O)O. The van der Waals surface area contributed by atoms with E-state index < -0.39 is 23.6 Å². The number of carbonyl (C=O) groups excluding carboxylic acids is 1. The van der Waals surface area contributed by atoms with E-state index in [-0.39, 0.29) is 11.5 Å². The van der Waals surface area contributed by atoms with E-state index in [4.69, 9.17) is 10.2 Å². The number of rotatable bonds is 7. The number of thioether (sulfide) groups is 1. The average Bonchev–Trinajstić information content (AvgIpc) is 2.34. The van der Waals surface area contributed by atoms with Crippen molar-refractivity contribution in [2.24, 2.45) is 0 Å². The van der Waals surface area contributed by atoms with Gasteiger partial charge in [0.05, 0.1) is 12.2 Å². The molecule has 0 aliphatic heterocycles. The number of carboxylic acid groups (broad SMARTS) is 2. The largest absolute Gasteiger partial charge is 0.481 e. The normalized spacial score (nSPS) is 11.8. The lowest BCUT2D eigenvalue weighted by molar-refractivity contribution is -0.142. The topological polar surface area (TPSA) is 91.7 Å². The molecule has 0 fully saturated rings. The van der Waals surface area contributed by atoms with Crippen LogP contribution in [0.5, 0.6) is 0 Å². The summed E-state index contributed by atoms with van der Waals surface area (Å²) in [4.78, 5) is 33.0. The molecule has 1 aromatic rings. The summed E-state index contributed by atoms with van der Waals surface area (Å²) in [6.07, 6.45) is -0.498. The van der Waals surface area contributed by atoms with E-state index in [2.05, 4.69) is 0 Å². The van der Waals surface area contributed by atoms with Crippen molar-refractivity contribution in [1.82, 2.24) is 0 Å². The van der Waals surface area contributed by atoms with Gasteiger partial charge in [0, 0.05) is 5.56 Å². The molecular weight excluding hydrogens is 256 g/mol. The van der Waals surface area contributed by atoms with Gasteiger partial charge in [0.2, 0.25) is 0 Å². The zero-order valence-corrected chi connectivity index (χ0v) is 10.2. The highest BCUT2D eigenvalue weighted by Gasteiger charge is 2.22. The van der Waals surface area contributed by atoms with Crippen LogP contribution in [0.3, 0.4) is 0 Å². The Kier molecular flexibility index (Phi) is 5.38. The molecule has 0 unspecified atom stereocenters. The van der Waals surface area contributed by atoms with Crippen molar-refractivity contribution in [3.8, 4) is 0 Å². The summed E-state index contributed by atoms with van der Waals surface area (Å²) in [6.45, 7) is 0. The van der Waals surface area contributed by atoms with Crippen molar-refractivity contribution in [2.75, 3.05) is 5.75 Å². The van der Waals surface area contributed by atoms with E-state index in [1.165, 1.54) is 0 Å². The van der Waals surface area contributed by atoms with Gasteiger partial charge in [0.25, 0.3) is 0 Å². The van der Waals surface area contributed by atoms with Crippen LogP contribution in [0.25, 0.3) is 0 Å². The molecule has 0 spiro atoms. The summed E-state index contributed by atoms with van der Waals surface area (Å²) in [7, 11) is 0. The number of aliphatic carboxylic acids is 2. The lowest BCUT2D eigenvalue weighted by atomic mass is 10.2. The molecule has 0 aliphatic carbocycles. The average molecular weight is 268 g/mol. The highest BCUT2D eigenvalue weighted by atomic mass is 32.2. The van der Waals surface area contributed by atoms with Crippen LogP contribution in [0.15, 0.2) is 30.3 Å². The number of carboxylic acids is 2. The molecule has 1 aromatic carbocycles. The first-order valence-corrected chi connectivity index (χ1v) is 6.20. The molecule has 0 aromatic heterocycles. The van der Waals surface area contributed by atoms with Crippen molar-refractivity contribution in [2.45, 2.75) is 11.7 Å². The third kappa shape index (κ3) is 4.58. The third-order valence-electron chi connectivity index (χ3n) is 2.15. The van der Waals surface area contributed by atoms with Gasteiger partial charge < -0.3 is 10.2 Å². The molecule has 0 saturated carbocycles. The Morgan fingerprint density at radius 2 is 1.72 bits per heavy atom. The van der Waals surface area contributed by atoms with E-state index in [1.807, 2.05) is 0 Å². The maximum Gasteiger partial charge on any atom is 0.317 e. The predicted molar refractivity (Wildman–Crippen MR) is 66.9 cm³/mol. The predicted octanol–water partition coefficient (Wildman–Crippen LogP) is 1.53. The number of Topliss-reactive ketones (excluding diaryl/α,β-unsaturated/α-hetero) is 1. The molecule has 0 saturated heterocycles. The fraction of sp³-hybridized carbons (Fsp3) is 0.250. The lowest BCUT2D eigenvalue weighted by Gasteiger charge is -2.08. The van der Waals surface area contributed by atoms with Gasteiger partial charge in [-0.2, -0.15) is 0 Å². The molecular formula is C12H12O5S. The van der Waals surface area contributed by atoms with Gasteiger partial charge in [-0.1, -0.05) is 30.3 Å². The zero-order valence-electron chi connectivity index (χ0n) is 9.41. The summed E-state index contributed by atoms with van der Waals surface area (Å²) in [5.74, 6) is -2.67. The number of ketones is 1. The smallest absolute Gasteiger partial charge is 0.317 e. The van der Waals surface area contributed by atoms with Crippen LogP contribution < -0.4 is 0 Å². The molecule has 0 bridgehead atoms. The molecule has 1 atom stereocenters. The molecule has 1 rings (SSSR count). The second-order valence-corrected chi connectivity index (χ2v) is 4.72. The molecule has 2 N–H and O–H groups in total. The molecule has 18 heavy (non-hydrogen) atoms.